The van der Waals surface area contributed by atoms with E-state index in [-0.39, 0.29) is 5.75 Å². The number of aryl methyl sites for hydroxylation is 1. The smallest absolute Gasteiger partial charge is 0.198 e. The molecule has 17 heavy (non-hydrogen) atoms. The molecular weight excluding hydrogens is 214 g/mol. The Kier molecular flexibility index (Phi) is 3.16. The number of benzene rings is 1. The molecule has 0 atom stereocenters. The Hall–Kier alpha value is -2.20. The first-order chi connectivity index (χ1) is 8.16. The molecule has 1 aliphatic rings. The second-order valence-electron chi connectivity index (χ2n) is 3.84. The summed E-state index contributed by atoms with van der Waals surface area (Å²) in [5, 5.41) is 21.5. The zero-order valence-electron chi connectivity index (χ0n) is 9.51. The molecule has 0 saturated carbocycles. The lowest BCUT2D eigenvalue weighted by Crippen LogP contribution is -2.71. The number of allylic oxidation sites excluding steroid dienone is 4. The van der Waals surface area contributed by atoms with Crippen molar-refractivity contribution in [3.63, 3.8) is 0 Å². The zero-order chi connectivity index (χ0) is 12.3. The number of phenols is 1. The van der Waals surface area contributed by atoms with Gasteiger partial charge < -0.3 is 5.11 Å². The van der Waals surface area contributed by atoms with Crippen LogP contribution in [0.1, 0.15) is 5.56 Å². The van der Waals surface area contributed by atoms with Crippen LogP contribution in [0.3, 0.4) is 0 Å². The normalized spacial score (nSPS) is 16.8. The number of quaternary nitrogens is 1. The lowest BCUT2D eigenvalue weighted by atomic mass is 10.1. The second kappa shape index (κ2) is 4.76. The van der Waals surface area contributed by atoms with Crippen LogP contribution in [0.5, 0.6) is 5.75 Å². The summed E-state index contributed by atoms with van der Waals surface area (Å²) >= 11 is 0. The Morgan fingerprint density at radius 3 is 2.76 bits per heavy atom. The lowest BCUT2D eigenvalue weighted by Gasteiger charge is -2.02. The minimum atomic E-state index is 0.196. The van der Waals surface area contributed by atoms with Gasteiger partial charge in [0.15, 0.2) is 11.4 Å². The van der Waals surface area contributed by atoms with Crippen molar-refractivity contribution >= 4 is 17.1 Å². The van der Waals surface area contributed by atoms with Gasteiger partial charge in [-0.1, -0.05) is 23.3 Å². The largest absolute Gasteiger partial charge is 0.503 e. The fourth-order valence-electron chi connectivity index (χ4n) is 1.50. The highest BCUT2D eigenvalue weighted by Crippen LogP contribution is 2.18. The van der Waals surface area contributed by atoms with E-state index >= 15 is 0 Å². The molecule has 0 saturated heterocycles. The Balaban J connectivity index is 2.19. The Morgan fingerprint density at radius 2 is 2.00 bits per heavy atom. The van der Waals surface area contributed by atoms with Gasteiger partial charge in [0.25, 0.3) is 0 Å². The van der Waals surface area contributed by atoms with Crippen LogP contribution >= 0.6 is 0 Å². The highest BCUT2D eigenvalue weighted by molar-refractivity contribution is 6.49. The van der Waals surface area contributed by atoms with E-state index in [1.165, 1.54) is 0 Å². The molecule has 86 valence electrons. The number of nitrogens with two attached hydrogens (primary N) is 1. The second-order valence-corrected chi connectivity index (χ2v) is 3.84. The van der Waals surface area contributed by atoms with Gasteiger partial charge in [0.2, 0.25) is 0 Å². The van der Waals surface area contributed by atoms with Crippen LogP contribution in [0.2, 0.25) is 0 Å². The third-order valence-electron chi connectivity index (χ3n) is 2.43. The van der Waals surface area contributed by atoms with Crippen LogP contribution in [-0.2, 0) is 0 Å². The maximum absolute atomic E-state index is 9.64. The molecule has 0 aliphatic heterocycles. The molecule has 0 unspecified atom stereocenters. The summed E-state index contributed by atoms with van der Waals surface area (Å²) in [7, 11) is 0. The summed E-state index contributed by atoms with van der Waals surface area (Å²) in [6.45, 7) is 1.95. The average Bonchev–Trinajstić information content (AvgIpc) is 2.32. The number of nitrogens with one attached hydrogen (secondary N) is 1. The van der Waals surface area contributed by atoms with Gasteiger partial charge in [-0.2, -0.15) is 5.43 Å². The number of nitrogens with zero attached hydrogens (tertiary/aromatic N) is 1. The van der Waals surface area contributed by atoms with Crippen LogP contribution in [0.4, 0.5) is 5.69 Å². The van der Waals surface area contributed by atoms with Crippen molar-refractivity contribution in [2.24, 2.45) is 5.10 Å². The molecular formula is C13H14N3O+. The van der Waals surface area contributed by atoms with E-state index in [2.05, 4.69) is 5.10 Å². The van der Waals surface area contributed by atoms with Crippen molar-refractivity contribution in [2.75, 3.05) is 0 Å². The zero-order valence-corrected chi connectivity index (χ0v) is 9.51. The fraction of sp³-hybridized carbons (Fsp3) is 0.0769. The van der Waals surface area contributed by atoms with Crippen molar-refractivity contribution in [3.8, 4) is 5.75 Å². The van der Waals surface area contributed by atoms with Crippen molar-refractivity contribution in [1.82, 2.24) is 0 Å². The summed E-state index contributed by atoms with van der Waals surface area (Å²) in [6, 6.07) is 5.33. The summed E-state index contributed by atoms with van der Waals surface area (Å²) in [5.74, 6) is 0.196. The molecule has 0 radical (unpaired) electrons. The average molecular weight is 228 g/mol. The number of phenolic OH excluding ortho intramolecular Hbond substituents is 1. The molecule has 2 rings (SSSR count). The molecule has 0 heterocycles. The van der Waals surface area contributed by atoms with Crippen molar-refractivity contribution < 1.29 is 10.5 Å². The highest BCUT2D eigenvalue weighted by atomic mass is 16.3. The standard InChI is InChI=1S/C13H13N3O/c1-9-6-7-13(17)12(8-9)16-15-11-5-3-2-4-10(11)14/h2-8,14,16-17H,1H3/p+1. The van der Waals surface area contributed by atoms with Crippen molar-refractivity contribution in [1.29, 1.82) is 5.41 Å². The molecule has 4 heteroatoms. The molecule has 0 spiro atoms. The van der Waals surface area contributed by atoms with Gasteiger partial charge in [-0.3, -0.25) is 5.41 Å². The predicted molar refractivity (Wildman–Crippen MR) is 67.9 cm³/mol. The minimum Gasteiger partial charge on any atom is -0.503 e. The first kappa shape index (κ1) is 11.3. The topological polar surface area (TPSA) is 73.1 Å². The maximum atomic E-state index is 9.64. The van der Waals surface area contributed by atoms with Crippen molar-refractivity contribution in [2.45, 2.75) is 6.92 Å². The van der Waals surface area contributed by atoms with E-state index in [1.54, 1.807) is 29.7 Å². The molecule has 1 aromatic carbocycles. The molecule has 4 nitrogen and oxygen atoms in total. The van der Waals surface area contributed by atoms with E-state index in [9.17, 15) is 5.11 Å². The summed E-state index contributed by atoms with van der Waals surface area (Å²) in [6.07, 6.45) is 7.08. The molecule has 0 fully saturated rings. The SMILES string of the molecule is Cc1ccc(O)c([NH2+]N=C2C=CC=CC2=N)c1. The van der Waals surface area contributed by atoms with Gasteiger partial charge in [-0.25, -0.2) is 0 Å². The number of rotatable bonds is 2. The fourth-order valence-corrected chi connectivity index (χ4v) is 1.50. The number of hydrogen-bond acceptors (Lipinski definition) is 3. The Morgan fingerprint density at radius 1 is 1.24 bits per heavy atom. The molecule has 1 aliphatic carbocycles. The molecule has 0 bridgehead atoms. The van der Waals surface area contributed by atoms with Gasteiger partial charge in [-0.15, -0.1) is 0 Å². The van der Waals surface area contributed by atoms with Gasteiger partial charge in [0, 0.05) is 6.07 Å². The quantitative estimate of drug-likeness (QED) is 0.231. The van der Waals surface area contributed by atoms with Crippen LogP contribution in [0.15, 0.2) is 47.6 Å². The first-order valence-corrected chi connectivity index (χ1v) is 5.31. The molecule has 0 aromatic heterocycles. The van der Waals surface area contributed by atoms with Crippen LogP contribution in [0, 0.1) is 12.3 Å². The summed E-state index contributed by atoms with van der Waals surface area (Å²) in [4.78, 5) is 0. The summed E-state index contributed by atoms with van der Waals surface area (Å²) in [5.41, 5.74) is 4.26. The van der Waals surface area contributed by atoms with E-state index in [0.29, 0.717) is 17.1 Å². The Bertz CT molecular complexity index is 542. The molecule has 1 aromatic rings. The van der Waals surface area contributed by atoms with Crippen molar-refractivity contribution in [3.05, 3.63) is 48.1 Å². The lowest BCUT2D eigenvalue weighted by molar-refractivity contribution is -0.577. The van der Waals surface area contributed by atoms with Gasteiger partial charge in [0.1, 0.15) is 5.71 Å². The maximum Gasteiger partial charge on any atom is 0.198 e. The highest BCUT2D eigenvalue weighted by Gasteiger charge is 2.08. The van der Waals surface area contributed by atoms with Crippen LogP contribution < -0.4 is 5.43 Å². The molecule has 4 N–H and O–H groups in total. The predicted octanol–water partition coefficient (Wildman–Crippen LogP) is 1.40. The third kappa shape index (κ3) is 2.68. The van der Waals surface area contributed by atoms with Gasteiger partial charge in [-0.05, 0) is 30.7 Å². The van der Waals surface area contributed by atoms with E-state index in [0.717, 1.165) is 5.56 Å². The first-order valence-electron chi connectivity index (χ1n) is 5.31. The monoisotopic (exact) mass is 228 g/mol. The molecule has 0 amide bonds. The van der Waals surface area contributed by atoms with E-state index < -0.39 is 0 Å². The summed E-state index contributed by atoms with van der Waals surface area (Å²) < 4.78 is 0. The number of aromatic hydroxyl groups is 1. The van der Waals surface area contributed by atoms with Gasteiger partial charge in [0.05, 0.1) is 5.71 Å². The Labute approximate surface area is 99.5 Å². The third-order valence-corrected chi connectivity index (χ3v) is 2.43. The minimum absolute atomic E-state index is 0.196. The van der Waals surface area contributed by atoms with Crippen LogP contribution in [-0.4, -0.2) is 16.5 Å². The van der Waals surface area contributed by atoms with Crippen LogP contribution in [0.25, 0.3) is 0 Å². The number of hydrogen-bond donors (Lipinski definition) is 3. The van der Waals surface area contributed by atoms with E-state index in [1.807, 2.05) is 25.1 Å². The van der Waals surface area contributed by atoms with E-state index in [4.69, 9.17) is 5.41 Å². The van der Waals surface area contributed by atoms with Gasteiger partial charge >= 0.3 is 0 Å².